The summed E-state index contributed by atoms with van der Waals surface area (Å²) >= 11 is 0. The van der Waals surface area contributed by atoms with Gasteiger partial charge in [-0.15, -0.1) is 0 Å². The first kappa shape index (κ1) is 13.1. The van der Waals surface area contributed by atoms with Crippen molar-refractivity contribution >= 4 is 5.78 Å². The van der Waals surface area contributed by atoms with E-state index in [2.05, 4.69) is 19.9 Å². The van der Waals surface area contributed by atoms with E-state index in [1.807, 2.05) is 6.08 Å². The summed E-state index contributed by atoms with van der Waals surface area (Å²) in [5.41, 5.74) is 2.99. The lowest BCUT2D eigenvalue weighted by Gasteiger charge is -2.52. The van der Waals surface area contributed by atoms with Crippen molar-refractivity contribution in [2.24, 2.45) is 16.7 Å². The van der Waals surface area contributed by atoms with Crippen molar-refractivity contribution in [3.05, 3.63) is 23.3 Å². The second kappa shape index (κ2) is 4.31. The Bertz CT molecular complexity index is 474. The van der Waals surface area contributed by atoms with E-state index in [4.69, 9.17) is 0 Å². The van der Waals surface area contributed by atoms with Crippen molar-refractivity contribution in [2.75, 3.05) is 6.61 Å². The Labute approximate surface area is 115 Å². The molecule has 104 valence electrons. The summed E-state index contributed by atoms with van der Waals surface area (Å²) in [6.45, 7) is 4.83. The highest BCUT2D eigenvalue weighted by Crippen LogP contribution is 2.58. The molecule has 19 heavy (non-hydrogen) atoms. The maximum absolute atomic E-state index is 11.7. The van der Waals surface area contributed by atoms with Crippen LogP contribution in [-0.2, 0) is 4.79 Å². The predicted molar refractivity (Wildman–Crippen MR) is 75.7 cm³/mol. The first-order valence-electron chi connectivity index (χ1n) is 7.55. The minimum Gasteiger partial charge on any atom is -0.396 e. The second-order valence-corrected chi connectivity index (χ2v) is 7.07. The van der Waals surface area contributed by atoms with Crippen LogP contribution >= 0.6 is 0 Å². The fourth-order valence-electron chi connectivity index (χ4n) is 4.49. The molecule has 0 unspecified atom stereocenters. The third kappa shape index (κ3) is 1.84. The fourth-order valence-corrected chi connectivity index (χ4v) is 4.49. The Kier molecular flexibility index (Phi) is 2.97. The van der Waals surface area contributed by atoms with E-state index >= 15 is 0 Å². The molecule has 0 saturated heterocycles. The number of aliphatic hydroxyl groups excluding tert-OH is 1. The molecule has 3 aliphatic rings. The lowest BCUT2D eigenvalue weighted by atomic mass is 9.52. The van der Waals surface area contributed by atoms with E-state index in [1.165, 1.54) is 11.1 Å². The maximum atomic E-state index is 11.7. The molecule has 0 aliphatic heterocycles. The molecule has 1 N–H and O–H groups in total. The molecule has 3 aliphatic carbocycles. The Morgan fingerprint density at radius 3 is 2.84 bits per heavy atom. The number of rotatable bonds is 1. The Morgan fingerprint density at radius 1 is 1.32 bits per heavy atom. The number of carbonyl (C=O) groups excluding carboxylic acids is 1. The summed E-state index contributed by atoms with van der Waals surface area (Å²) in [4.78, 5) is 11.7. The normalized spacial score (nSPS) is 42.1. The van der Waals surface area contributed by atoms with E-state index in [0.717, 1.165) is 32.1 Å². The van der Waals surface area contributed by atoms with Gasteiger partial charge in [-0.3, -0.25) is 4.79 Å². The van der Waals surface area contributed by atoms with Crippen LogP contribution in [-0.4, -0.2) is 17.5 Å². The molecular weight excluding hydrogens is 236 g/mol. The van der Waals surface area contributed by atoms with Gasteiger partial charge < -0.3 is 5.11 Å². The average Bonchev–Trinajstić information content (AvgIpc) is 2.40. The zero-order chi connectivity index (χ0) is 13.7. The number of aliphatic hydroxyl groups is 1. The Hall–Kier alpha value is -0.890. The van der Waals surface area contributed by atoms with E-state index in [1.54, 1.807) is 0 Å². The van der Waals surface area contributed by atoms with Crippen LogP contribution in [0.4, 0.5) is 0 Å². The molecule has 0 amide bonds. The van der Waals surface area contributed by atoms with Gasteiger partial charge in [0.2, 0.25) is 0 Å². The summed E-state index contributed by atoms with van der Waals surface area (Å²) in [5, 5.41) is 9.82. The van der Waals surface area contributed by atoms with E-state index in [0.29, 0.717) is 18.1 Å². The van der Waals surface area contributed by atoms with Crippen molar-refractivity contribution in [1.82, 2.24) is 0 Å². The molecule has 0 aromatic rings. The number of carbonyl (C=O) groups is 1. The van der Waals surface area contributed by atoms with Crippen LogP contribution in [0.25, 0.3) is 0 Å². The third-order valence-electron chi connectivity index (χ3n) is 5.91. The highest BCUT2D eigenvalue weighted by molar-refractivity contribution is 5.92. The van der Waals surface area contributed by atoms with Crippen LogP contribution in [0.5, 0.6) is 0 Å². The minimum atomic E-state index is 0.0417. The van der Waals surface area contributed by atoms with Gasteiger partial charge in [0.1, 0.15) is 0 Å². The predicted octanol–water partition coefficient (Wildman–Crippen LogP) is 3.41. The molecule has 1 saturated carbocycles. The molecule has 0 aromatic carbocycles. The highest BCUT2D eigenvalue weighted by atomic mass is 16.3. The van der Waals surface area contributed by atoms with Crippen molar-refractivity contribution in [3.63, 3.8) is 0 Å². The van der Waals surface area contributed by atoms with Crippen molar-refractivity contribution < 1.29 is 9.90 Å². The van der Waals surface area contributed by atoms with Crippen LogP contribution in [0.3, 0.4) is 0 Å². The zero-order valence-electron chi connectivity index (χ0n) is 12.0. The second-order valence-electron chi connectivity index (χ2n) is 7.07. The molecule has 3 rings (SSSR count). The van der Waals surface area contributed by atoms with Gasteiger partial charge in [-0.1, -0.05) is 31.1 Å². The largest absolute Gasteiger partial charge is 0.396 e. The lowest BCUT2D eigenvalue weighted by Crippen LogP contribution is -2.44. The number of allylic oxidation sites excluding steroid dienone is 4. The quantitative estimate of drug-likeness (QED) is 0.734. The van der Waals surface area contributed by atoms with Crippen molar-refractivity contribution in [2.45, 2.75) is 52.4 Å². The summed E-state index contributed by atoms with van der Waals surface area (Å²) in [7, 11) is 0. The third-order valence-corrected chi connectivity index (χ3v) is 5.91. The van der Waals surface area contributed by atoms with Crippen LogP contribution < -0.4 is 0 Å². The highest BCUT2D eigenvalue weighted by Gasteiger charge is 2.49. The number of ketones is 1. The molecular formula is C17H24O2. The van der Waals surface area contributed by atoms with Gasteiger partial charge in [0.15, 0.2) is 5.78 Å². The molecule has 0 aromatic heterocycles. The molecule has 2 nitrogen and oxygen atoms in total. The van der Waals surface area contributed by atoms with E-state index in [-0.39, 0.29) is 17.4 Å². The molecule has 0 spiro atoms. The number of hydrogen-bond acceptors (Lipinski definition) is 2. The smallest absolute Gasteiger partial charge is 0.155 e. The first-order chi connectivity index (χ1) is 8.99. The van der Waals surface area contributed by atoms with Gasteiger partial charge in [0.05, 0.1) is 0 Å². The van der Waals surface area contributed by atoms with Gasteiger partial charge in [-0.2, -0.15) is 0 Å². The molecule has 0 bridgehead atoms. The minimum absolute atomic E-state index is 0.0417. The standard InChI is InChI=1S/C17H24O2/c1-16(11-18)8-3-4-15-14(16)6-5-12-10-13(19)7-9-17(12,15)2/h4,10,14,18H,3,5-9,11H2,1-2H3/t14-,16-,17-/m0/s1. The average molecular weight is 260 g/mol. The molecule has 2 heteroatoms. The van der Waals surface area contributed by atoms with Crippen LogP contribution in [0, 0.1) is 16.7 Å². The Balaban J connectivity index is 2.03. The van der Waals surface area contributed by atoms with Gasteiger partial charge in [-0.05, 0) is 49.5 Å². The molecule has 3 atom stereocenters. The summed E-state index contributed by atoms with van der Waals surface area (Å²) < 4.78 is 0. The monoisotopic (exact) mass is 260 g/mol. The van der Waals surface area contributed by atoms with E-state index < -0.39 is 0 Å². The molecule has 0 heterocycles. The zero-order valence-corrected chi connectivity index (χ0v) is 12.0. The number of hydrogen-bond donors (Lipinski definition) is 1. The molecule has 0 radical (unpaired) electrons. The van der Waals surface area contributed by atoms with Crippen molar-refractivity contribution in [3.8, 4) is 0 Å². The van der Waals surface area contributed by atoms with Gasteiger partial charge in [0.25, 0.3) is 0 Å². The summed E-state index contributed by atoms with van der Waals surface area (Å²) in [6, 6.07) is 0. The maximum Gasteiger partial charge on any atom is 0.155 e. The van der Waals surface area contributed by atoms with Crippen LogP contribution in [0.15, 0.2) is 23.3 Å². The van der Waals surface area contributed by atoms with Crippen molar-refractivity contribution in [1.29, 1.82) is 0 Å². The van der Waals surface area contributed by atoms with Crippen LogP contribution in [0.2, 0.25) is 0 Å². The first-order valence-corrected chi connectivity index (χ1v) is 7.55. The number of fused-ring (bicyclic) bond motifs is 3. The fraction of sp³-hybridized carbons (Fsp3) is 0.706. The lowest BCUT2D eigenvalue weighted by molar-refractivity contribution is -0.115. The summed E-state index contributed by atoms with van der Waals surface area (Å²) in [5.74, 6) is 0.800. The molecule has 1 fully saturated rings. The topological polar surface area (TPSA) is 37.3 Å². The summed E-state index contributed by atoms with van der Waals surface area (Å²) in [6.07, 6.45) is 10.2. The van der Waals surface area contributed by atoms with Gasteiger partial charge in [0, 0.05) is 18.4 Å². The SMILES string of the molecule is C[C@]12CCC(=O)C=C1CC[C@H]1C2=CCC[C@@]1(C)CO. The Morgan fingerprint density at radius 2 is 2.11 bits per heavy atom. The van der Waals surface area contributed by atoms with Crippen LogP contribution in [0.1, 0.15) is 52.4 Å². The van der Waals surface area contributed by atoms with Gasteiger partial charge >= 0.3 is 0 Å². The van der Waals surface area contributed by atoms with E-state index in [9.17, 15) is 9.90 Å². The van der Waals surface area contributed by atoms with Gasteiger partial charge in [-0.25, -0.2) is 0 Å².